The Balaban J connectivity index is 1.75. The number of fused-ring (bicyclic) bond motifs is 3. The zero-order valence-electron chi connectivity index (χ0n) is 11.4. The molecule has 1 aromatic rings. The third-order valence-electron chi connectivity index (χ3n) is 5.20. The highest BCUT2D eigenvalue weighted by Gasteiger charge is 2.41. The lowest BCUT2D eigenvalue weighted by molar-refractivity contribution is -0.120. The van der Waals surface area contributed by atoms with E-state index in [0.717, 1.165) is 12.8 Å². The second kappa shape index (κ2) is 4.36. The van der Waals surface area contributed by atoms with E-state index < -0.39 is 0 Å². The van der Waals surface area contributed by atoms with Crippen molar-refractivity contribution in [1.82, 2.24) is 0 Å². The van der Waals surface area contributed by atoms with Gasteiger partial charge in [0, 0.05) is 30.6 Å². The lowest BCUT2D eigenvalue weighted by Crippen LogP contribution is -2.43. The number of carbonyl (C=O) groups excluding carboxylic acids is 1. The molecule has 4 rings (SSSR count). The van der Waals surface area contributed by atoms with E-state index in [0.29, 0.717) is 17.9 Å². The summed E-state index contributed by atoms with van der Waals surface area (Å²) in [6.07, 6.45) is 9.11. The average molecular weight is 255 g/mol. The van der Waals surface area contributed by atoms with Crippen molar-refractivity contribution in [2.45, 2.75) is 63.5 Å². The van der Waals surface area contributed by atoms with Crippen LogP contribution in [-0.4, -0.2) is 17.9 Å². The van der Waals surface area contributed by atoms with Gasteiger partial charge in [-0.2, -0.15) is 0 Å². The first-order chi connectivity index (χ1) is 9.33. The molecular weight excluding hydrogens is 234 g/mol. The Kier molecular flexibility index (Phi) is 2.64. The summed E-state index contributed by atoms with van der Waals surface area (Å²) < 4.78 is 0. The van der Waals surface area contributed by atoms with Crippen LogP contribution < -0.4 is 4.90 Å². The number of piperidine rings is 1. The van der Waals surface area contributed by atoms with Crippen molar-refractivity contribution < 1.29 is 4.79 Å². The maximum absolute atomic E-state index is 11.8. The molecule has 2 nitrogen and oxygen atoms in total. The molecule has 1 aromatic carbocycles. The SMILES string of the molecule is O=C1CC2CCC(C1)N2c1cccc2c1CCCC2. The van der Waals surface area contributed by atoms with Gasteiger partial charge in [0.15, 0.2) is 0 Å². The van der Waals surface area contributed by atoms with Crippen LogP contribution >= 0.6 is 0 Å². The lowest BCUT2D eigenvalue weighted by atomic mass is 9.89. The van der Waals surface area contributed by atoms with Gasteiger partial charge in [-0.05, 0) is 55.7 Å². The van der Waals surface area contributed by atoms with Gasteiger partial charge in [-0.25, -0.2) is 0 Å². The molecule has 3 aliphatic rings. The van der Waals surface area contributed by atoms with E-state index in [2.05, 4.69) is 23.1 Å². The smallest absolute Gasteiger partial charge is 0.137 e. The quantitative estimate of drug-likeness (QED) is 0.767. The van der Waals surface area contributed by atoms with Crippen molar-refractivity contribution in [3.63, 3.8) is 0 Å². The Morgan fingerprint density at radius 2 is 1.74 bits per heavy atom. The van der Waals surface area contributed by atoms with Crippen LogP contribution in [0.3, 0.4) is 0 Å². The van der Waals surface area contributed by atoms with Crippen LogP contribution in [0.5, 0.6) is 0 Å². The molecule has 2 bridgehead atoms. The predicted molar refractivity (Wildman–Crippen MR) is 76.6 cm³/mol. The monoisotopic (exact) mass is 255 g/mol. The molecule has 0 saturated carbocycles. The van der Waals surface area contributed by atoms with Gasteiger partial charge in [-0.15, -0.1) is 0 Å². The zero-order chi connectivity index (χ0) is 12.8. The van der Waals surface area contributed by atoms with Crippen molar-refractivity contribution >= 4 is 11.5 Å². The van der Waals surface area contributed by atoms with Crippen LogP contribution in [0, 0.1) is 0 Å². The lowest BCUT2D eigenvalue weighted by Gasteiger charge is -2.38. The van der Waals surface area contributed by atoms with Gasteiger partial charge in [-0.1, -0.05) is 12.1 Å². The third kappa shape index (κ3) is 1.80. The number of anilines is 1. The standard InChI is InChI=1S/C17H21NO/c19-15-10-13-8-9-14(11-15)18(13)17-7-3-5-12-4-1-2-6-16(12)17/h3,5,7,13-14H,1-2,4,6,8-11H2. The van der Waals surface area contributed by atoms with E-state index in [9.17, 15) is 4.79 Å². The molecule has 2 heterocycles. The first kappa shape index (κ1) is 11.5. The van der Waals surface area contributed by atoms with Crippen LogP contribution in [0.25, 0.3) is 0 Å². The van der Waals surface area contributed by atoms with Crippen molar-refractivity contribution in [3.8, 4) is 0 Å². The average Bonchev–Trinajstić information content (AvgIpc) is 2.70. The second-order valence-electron chi connectivity index (χ2n) is 6.36. The minimum Gasteiger partial charge on any atom is -0.364 e. The summed E-state index contributed by atoms with van der Waals surface area (Å²) in [6.45, 7) is 0. The summed E-state index contributed by atoms with van der Waals surface area (Å²) in [4.78, 5) is 14.4. The van der Waals surface area contributed by atoms with Crippen LogP contribution in [0.1, 0.15) is 49.7 Å². The molecule has 1 aliphatic carbocycles. The van der Waals surface area contributed by atoms with Crippen LogP contribution in [-0.2, 0) is 17.6 Å². The summed E-state index contributed by atoms with van der Waals surface area (Å²) >= 11 is 0. The highest BCUT2D eigenvalue weighted by atomic mass is 16.1. The summed E-state index contributed by atoms with van der Waals surface area (Å²) in [6, 6.07) is 7.79. The molecule has 2 atom stereocenters. The molecular formula is C17H21NO. The molecule has 0 radical (unpaired) electrons. The van der Waals surface area contributed by atoms with Crippen LogP contribution in [0.2, 0.25) is 0 Å². The maximum atomic E-state index is 11.8. The second-order valence-corrected chi connectivity index (χ2v) is 6.36. The molecule has 0 aromatic heterocycles. The Morgan fingerprint density at radius 3 is 2.53 bits per heavy atom. The minimum absolute atomic E-state index is 0.480. The van der Waals surface area contributed by atoms with Gasteiger partial charge in [-0.3, -0.25) is 4.79 Å². The van der Waals surface area contributed by atoms with E-state index in [-0.39, 0.29) is 0 Å². The molecule has 2 aliphatic heterocycles. The molecule has 100 valence electrons. The van der Waals surface area contributed by atoms with E-state index >= 15 is 0 Å². The Bertz CT molecular complexity index is 506. The van der Waals surface area contributed by atoms with Gasteiger partial charge in [0.05, 0.1) is 0 Å². The predicted octanol–water partition coefficient (Wildman–Crippen LogP) is 3.27. The van der Waals surface area contributed by atoms with Gasteiger partial charge in [0.2, 0.25) is 0 Å². The van der Waals surface area contributed by atoms with Crippen LogP contribution in [0.4, 0.5) is 5.69 Å². The van der Waals surface area contributed by atoms with Gasteiger partial charge >= 0.3 is 0 Å². The molecule has 2 saturated heterocycles. The minimum atomic E-state index is 0.480. The number of rotatable bonds is 1. The summed E-state index contributed by atoms with van der Waals surface area (Å²) in [5.74, 6) is 0.480. The number of hydrogen-bond donors (Lipinski definition) is 0. The fraction of sp³-hybridized carbons (Fsp3) is 0.588. The zero-order valence-corrected chi connectivity index (χ0v) is 11.4. The number of Topliss-reactive ketones (excluding diaryl/α,β-unsaturated/α-hetero) is 1. The fourth-order valence-corrected chi connectivity index (χ4v) is 4.37. The summed E-state index contributed by atoms with van der Waals surface area (Å²) in [5.41, 5.74) is 4.59. The Morgan fingerprint density at radius 1 is 1.00 bits per heavy atom. The first-order valence-corrected chi connectivity index (χ1v) is 7.74. The van der Waals surface area contributed by atoms with Crippen molar-refractivity contribution in [2.24, 2.45) is 0 Å². The van der Waals surface area contributed by atoms with Gasteiger partial charge in [0.1, 0.15) is 5.78 Å². The van der Waals surface area contributed by atoms with Gasteiger partial charge < -0.3 is 4.90 Å². The third-order valence-corrected chi connectivity index (χ3v) is 5.20. The van der Waals surface area contributed by atoms with Crippen molar-refractivity contribution in [1.29, 1.82) is 0 Å². The molecule has 2 fully saturated rings. The molecule has 19 heavy (non-hydrogen) atoms. The number of hydrogen-bond acceptors (Lipinski definition) is 2. The molecule has 0 amide bonds. The van der Waals surface area contributed by atoms with E-state index in [1.807, 2.05) is 0 Å². The highest BCUT2D eigenvalue weighted by molar-refractivity contribution is 5.83. The number of aryl methyl sites for hydroxylation is 1. The molecule has 0 spiro atoms. The van der Waals surface area contributed by atoms with E-state index in [1.54, 1.807) is 11.1 Å². The number of carbonyl (C=O) groups is 1. The Labute approximate surface area is 114 Å². The molecule has 0 N–H and O–H groups in total. The van der Waals surface area contributed by atoms with Crippen molar-refractivity contribution in [2.75, 3.05) is 4.90 Å². The molecule has 2 unspecified atom stereocenters. The first-order valence-electron chi connectivity index (χ1n) is 7.74. The van der Waals surface area contributed by atoms with E-state index in [1.165, 1.54) is 44.2 Å². The number of ketones is 1. The topological polar surface area (TPSA) is 20.3 Å². The Hall–Kier alpha value is -1.31. The number of benzene rings is 1. The summed E-state index contributed by atoms with van der Waals surface area (Å²) in [5, 5.41) is 0. The van der Waals surface area contributed by atoms with Gasteiger partial charge in [0.25, 0.3) is 0 Å². The van der Waals surface area contributed by atoms with Crippen LogP contribution in [0.15, 0.2) is 18.2 Å². The highest BCUT2D eigenvalue weighted by Crippen LogP contribution is 2.41. The van der Waals surface area contributed by atoms with Crippen molar-refractivity contribution in [3.05, 3.63) is 29.3 Å². The normalized spacial score (nSPS) is 29.5. The largest absolute Gasteiger partial charge is 0.364 e. The number of nitrogens with zero attached hydrogens (tertiary/aromatic N) is 1. The summed E-state index contributed by atoms with van der Waals surface area (Å²) in [7, 11) is 0. The maximum Gasteiger partial charge on any atom is 0.137 e. The van der Waals surface area contributed by atoms with E-state index in [4.69, 9.17) is 0 Å². The fourth-order valence-electron chi connectivity index (χ4n) is 4.37. The molecule has 2 heteroatoms.